The Kier molecular flexibility index (Phi) is 6.95. The van der Waals surface area contributed by atoms with E-state index in [0.29, 0.717) is 0 Å². The second-order valence-electron chi connectivity index (χ2n) is 4.99. The topological polar surface area (TPSA) is 114 Å². The minimum absolute atomic E-state index is 0.0447. The molecule has 0 aromatic rings. The van der Waals surface area contributed by atoms with Gasteiger partial charge in [-0.15, -0.1) is 0 Å². The van der Waals surface area contributed by atoms with Crippen LogP contribution >= 0.6 is 0 Å². The molecule has 0 radical (unpaired) electrons. The molecule has 9 heteroatoms. The monoisotopic (exact) mass is 332 g/mol. The highest BCUT2D eigenvalue weighted by atomic mass is 16.7. The van der Waals surface area contributed by atoms with E-state index < -0.39 is 48.5 Å². The van der Waals surface area contributed by atoms with Gasteiger partial charge in [0.05, 0.1) is 0 Å². The van der Waals surface area contributed by atoms with Crippen LogP contribution in [-0.4, -0.2) is 55.1 Å². The Balaban J connectivity index is 2.89. The van der Waals surface area contributed by atoms with E-state index in [1.165, 1.54) is 27.7 Å². The highest BCUT2D eigenvalue weighted by Crippen LogP contribution is 2.26. The highest BCUT2D eigenvalue weighted by Gasteiger charge is 2.43. The van der Waals surface area contributed by atoms with E-state index in [9.17, 15) is 19.2 Å². The first-order chi connectivity index (χ1) is 10.7. The molecule has 9 nitrogen and oxygen atoms in total. The first-order valence-electron chi connectivity index (χ1n) is 6.99. The van der Waals surface area contributed by atoms with E-state index in [0.717, 1.165) is 0 Å². The zero-order chi connectivity index (χ0) is 17.6. The van der Waals surface area contributed by atoms with Crippen LogP contribution in [0.4, 0.5) is 0 Å². The molecule has 0 aliphatic carbocycles. The Bertz CT molecular complexity index is 473. The third kappa shape index (κ3) is 6.64. The van der Waals surface area contributed by atoms with Crippen molar-refractivity contribution in [3.63, 3.8) is 0 Å². The van der Waals surface area contributed by atoms with Crippen LogP contribution in [0, 0.1) is 0 Å². The summed E-state index contributed by atoms with van der Waals surface area (Å²) in [6.07, 6.45) is -3.73. The predicted molar refractivity (Wildman–Crippen MR) is 72.8 cm³/mol. The van der Waals surface area contributed by atoms with Crippen molar-refractivity contribution in [2.75, 3.05) is 6.61 Å². The van der Waals surface area contributed by atoms with Gasteiger partial charge in [0.1, 0.15) is 18.8 Å². The number of hydrogen-bond donors (Lipinski definition) is 0. The quantitative estimate of drug-likeness (QED) is 0.510. The van der Waals surface area contributed by atoms with E-state index in [4.69, 9.17) is 23.7 Å². The molecule has 0 unspecified atom stereocenters. The summed E-state index contributed by atoms with van der Waals surface area (Å²) < 4.78 is 25.5. The molecule has 0 aromatic carbocycles. The minimum atomic E-state index is -1.18. The minimum Gasteiger partial charge on any atom is -0.463 e. The summed E-state index contributed by atoms with van der Waals surface area (Å²) in [6.45, 7) is 4.60. The molecule has 0 spiro atoms. The van der Waals surface area contributed by atoms with Crippen molar-refractivity contribution in [2.45, 2.75) is 58.7 Å². The lowest BCUT2D eigenvalue weighted by Crippen LogP contribution is -2.53. The van der Waals surface area contributed by atoms with Gasteiger partial charge in [-0.25, -0.2) is 0 Å². The number of rotatable bonds is 5. The average molecular weight is 332 g/mol. The molecule has 1 rings (SSSR count). The lowest BCUT2D eigenvalue weighted by molar-refractivity contribution is -0.270. The van der Waals surface area contributed by atoms with Crippen LogP contribution in [0.3, 0.4) is 0 Å². The average Bonchev–Trinajstić information content (AvgIpc) is 2.38. The number of carbonyl (C=O) groups excluding carboxylic acids is 4. The van der Waals surface area contributed by atoms with Gasteiger partial charge in [0.15, 0.2) is 6.10 Å². The molecule has 1 fully saturated rings. The van der Waals surface area contributed by atoms with Gasteiger partial charge in [-0.1, -0.05) is 0 Å². The molecule has 1 aliphatic rings. The highest BCUT2D eigenvalue weighted by molar-refractivity contribution is 5.68. The second-order valence-corrected chi connectivity index (χ2v) is 4.99. The van der Waals surface area contributed by atoms with Crippen LogP contribution in [0.1, 0.15) is 34.1 Å². The maximum atomic E-state index is 11.2. The lowest BCUT2D eigenvalue weighted by atomic mass is 10.0. The van der Waals surface area contributed by atoms with Gasteiger partial charge in [-0.3, -0.25) is 19.2 Å². The number of hydrogen-bond acceptors (Lipinski definition) is 9. The van der Waals surface area contributed by atoms with Crippen LogP contribution in [0.15, 0.2) is 0 Å². The van der Waals surface area contributed by atoms with Gasteiger partial charge >= 0.3 is 23.9 Å². The van der Waals surface area contributed by atoms with Crippen molar-refractivity contribution in [3.8, 4) is 0 Å². The van der Waals surface area contributed by atoms with E-state index in [-0.39, 0.29) is 13.0 Å². The van der Waals surface area contributed by atoms with Crippen molar-refractivity contribution in [2.24, 2.45) is 0 Å². The van der Waals surface area contributed by atoms with Crippen LogP contribution in [-0.2, 0) is 42.9 Å². The Morgan fingerprint density at radius 1 is 0.826 bits per heavy atom. The fourth-order valence-corrected chi connectivity index (χ4v) is 2.11. The maximum Gasteiger partial charge on any atom is 0.305 e. The fraction of sp³-hybridized carbons (Fsp3) is 0.714. The normalized spacial score (nSPS) is 26.8. The molecule has 1 heterocycles. The Labute approximate surface area is 133 Å². The van der Waals surface area contributed by atoms with Crippen molar-refractivity contribution < 1.29 is 42.9 Å². The maximum absolute atomic E-state index is 11.2. The molecular formula is C14H20O9. The van der Waals surface area contributed by atoms with E-state index >= 15 is 0 Å². The third-order valence-corrected chi connectivity index (χ3v) is 2.86. The Hall–Kier alpha value is -2.16. The molecule has 0 saturated carbocycles. The van der Waals surface area contributed by atoms with Crippen molar-refractivity contribution >= 4 is 23.9 Å². The smallest absolute Gasteiger partial charge is 0.305 e. The predicted octanol–water partition coefficient (Wildman–Crippen LogP) is 0.0910. The SMILES string of the molecule is CC(=O)OC[C@H]1O[C@H](OC(C)=O)[C@H](OC(C)=O)C[C@H]1OC(C)=O. The standard InChI is InChI=1S/C14H20O9/c1-7(15)19-6-13-11(20-8(2)16)5-12(21-9(3)17)14(23-13)22-10(4)18/h11-14H,5-6H2,1-4H3/t11-,12-,13-,14+/m1/s1. The Morgan fingerprint density at radius 2 is 1.35 bits per heavy atom. The van der Waals surface area contributed by atoms with Gasteiger partial charge in [0.2, 0.25) is 6.29 Å². The molecule has 23 heavy (non-hydrogen) atoms. The summed E-state index contributed by atoms with van der Waals surface area (Å²) in [5.41, 5.74) is 0. The number of esters is 4. The fourth-order valence-electron chi connectivity index (χ4n) is 2.11. The zero-order valence-corrected chi connectivity index (χ0v) is 13.4. The summed E-state index contributed by atoms with van der Waals surface area (Å²) in [5, 5.41) is 0. The summed E-state index contributed by atoms with van der Waals surface area (Å²) >= 11 is 0. The summed E-state index contributed by atoms with van der Waals surface area (Å²) in [4.78, 5) is 44.5. The largest absolute Gasteiger partial charge is 0.463 e. The van der Waals surface area contributed by atoms with E-state index in [1.807, 2.05) is 0 Å². The second kappa shape index (κ2) is 8.47. The van der Waals surface area contributed by atoms with Gasteiger partial charge in [-0.05, 0) is 0 Å². The summed E-state index contributed by atoms with van der Waals surface area (Å²) in [5.74, 6) is -2.35. The molecule has 1 aliphatic heterocycles. The third-order valence-electron chi connectivity index (χ3n) is 2.86. The molecule has 1 saturated heterocycles. The first kappa shape index (κ1) is 18.9. The van der Waals surface area contributed by atoms with E-state index in [1.54, 1.807) is 0 Å². The summed E-state index contributed by atoms with van der Waals surface area (Å²) in [7, 11) is 0. The molecule has 0 bridgehead atoms. The molecule has 4 atom stereocenters. The molecular weight excluding hydrogens is 312 g/mol. The van der Waals surface area contributed by atoms with E-state index in [2.05, 4.69) is 0 Å². The molecule has 0 aromatic heterocycles. The molecule has 0 N–H and O–H groups in total. The van der Waals surface area contributed by atoms with Gasteiger partial charge < -0.3 is 23.7 Å². The first-order valence-corrected chi connectivity index (χ1v) is 6.99. The van der Waals surface area contributed by atoms with Crippen LogP contribution in [0.2, 0.25) is 0 Å². The Morgan fingerprint density at radius 3 is 1.83 bits per heavy atom. The molecule has 130 valence electrons. The van der Waals surface area contributed by atoms with Crippen molar-refractivity contribution in [1.29, 1.82) is 0 Å². The van der Waals surface area contributed by atoms with Gasteiger partial charge in [0.25, 0.3) is 0 Å². The van der Waals surface area contributed by atoms with Gasteiger partial charge in [0, 0.05) is 34.1 Å². The van der Waals surface area contributed by atoms with Crippen LogP contribution in [0.5, 0.6) is 0 Å². The number of carbonyl (C=O) groups is 4. The lowest BCUT2D eigenvalue weighted by Gasteiger charge is -2.39. The summed E-state index contributed by atoms with van der Waals surface area (Å²) in [6, 6.07) is 0. The zero-order valence-electron chi connectivity index (χ0n) is 13.4. The van der Waals surface area contributed by atoms with Gasteiger partial charge in [-0.2, -0.15) is 0 Å². The van der Waals surface area contributed by atoms with Crippen LogP contribution < -0.4 is 0 Å². The van der Waals surface area contributed by atoms with Crippen molar-refractivity contribution in [1.82, 2.24) is 0 Å². The van der Waals surface area contributed by atoms with Crippen LogP contribution in [0.25, 0.3) is 0 Å². The molecule has 0 amide bonds. The van der Waals surface area contributed by atoms with Crippen molar-refractivity contribution in [3.05, 3.63) is 0 Å². The number of ether oxygens (including phenoxy) is 5.